The average molecular weight is 863 g/mol. The molecule has 4 atom stereocenters. The first-order valence-corrected chi connectivity index (χ1v) is 21.3. The Bertz CT molecular complexity index is 1940. The summed E-state index contributed by atoms with van der Waals surface area (Å²) in [5.74, 6) is -1.02. The predicted octanol–water partition coefficient (Wildman–Crippen LogP) is 5.27. The topological polar surface area (TPSA) is 192 Å². The maximum absolute atomic E-state index is 14.5. The molecule has 1 aromatic carbocycles. The molecule has 17 heteroatoms. The number of sulfonamides is 1. The van der Waals surface area contributed by atoms with Crippen LogP contribution in [0.5, 0.6) is 17.4 Å². The van der Waals surface area contributed by atoms with Crippen LogP contribution in [0.4, 0.5) is 4.79 Å². The van der Waals surface area contributed by atoms with E-state index in [-0.39, 0.29) is 25.5 Å². The molecule has 2 heterocycles. The molecule has 1 unspecified atom stereocenters. The number of likely N-dealkylation sites (tertiary alicyclic amines) is 1. The van der Waals surface area contributed by atoms with Gasteiger partial charge in [0.05, 0.1) is 35.5 Å². The lowest BCUT2D eigenvalue weighted by Crippen LogP contribution is -2.57. The smallest absolute Gasteiger partial charge is 0.408 e. The van der Waals surface area contributed by atoms with Gasteiger partial charge in [0, 0.05) is 36.4 Å². The van der Waals surface area contributed by atoms with Crippen LogP contribution in [0.15, 0.2) is 47.6 Å². The second kappa shape index (κ2) is 18.3. The molecule has 0 spiro atoms. The Morgan fingerprint density at radius 1 is 1.09 bits per heavy atom. The fourth-order valence-electron chi connectivity index (χ4n) is 6.80. The third-order valence-corrected chi connectivity index (χ3v) is 12.6. The summed E-state index contributed by atoms with van der Waals surface area (Å²) in [4.78, 5) is 60.1. The Balaban J connectivity index is 1.39. The van der Waals surface area contributed by atoms with Gasteiger partial charge in [-0.1, -0.05) is 32.9 Å². The Morgan fingerprint density at radius 3 is 2.43 bits per heavy atom. The number of fused-ring (bicyclic) bond motifs is 1. The standard InChI is InChI=1S/C39H52BrN5O10S/c1-7-23(19-31(46)44-56(50,51)26-13-14-26)17-18-41-36(47)28-20-25(54-30-21-32(53-8-2)42-34-27(30)15-16-29(52-6)33(34)40)22-45(28)37(48)35(39(3,4)5)43-38(49)55-24-11-9-10-12-24/h7,15-18,21,23-26,28,35H,1,8-14,19-20,22H2,2-6H3,(H,41,47)(H,43,49)(H,44,46)/b18-17+/t23?,25-,28+,35-/m1/s1. The van der Waals surface area contributed by atoms with Gasteiger partial charge in [-0.25, -0.2) is 18.2 Å². The van der Waals surface area contributed by atoms with Crippen molar-refractivity contribution in [1.82, 2.24) is 25.2 Å². The molecule has 56 heavy (non-hydrogen) atoms. The van der Waals surface area contributed by atoms with E-state index in [0.717, 1.165) is 25.7 Å². The second-order valence-corrected chi connectivity index (χ2v) is 18.1. The van der Waals surface area contributed by atoms with E-state index in [2.05, 4.69) is 42.8 Å². The van der Waals surface area contributed by atoms with Crippen molar-refractivity contribution in [2.24, 2.45) is 11.3 Å². The summed E-state index contributed by atoms with van der Waals surface area (Å²) >= 11 is 3.58. The molecule has 15 nitrogen and oxygen atoms in total. The van der Waals surface area contributed by atoms with Gasteiger partial charge in [-0.05, 0) is 78.9 Å². The quantitative estimate of drug-likeness (QED) is 0.187. The number of carbonyl (C=O) groups excluding carboxylic acids is 4. The first-order chi connectivity index (χ1) is 26.5. The van der Waals surface area contributed by atoms with Crippen molar-refractivity contribution in [3.8, 4) is 17.4 Å². The van der Waals surface area contributed by atoms with Crippen molar-refractivity contribution < 1.29 is 46.5 Å². The number of allylic oxidation sites excluding steroid dienone is 2. The molecule has 306 valence electrons. The number of aromatic nitrogens is 1. The minimum absolute atomic E-state index is 0.00258. The van der Waals surface area contributed by atoms with Crippen molar-refractivity contribution in [2.45, 2.75) is 109 Å². The van der Waals surface area contributed by atoms with Crippen LogP contribution in [-0.2, 0) is 29.1 Å². The number of nitrogens with one attached hydrogen (secondary N) is 3. The molecule has 3 aliphatic rings. The van der Waals surface area contributed by atoms with Crippen molar-refractivity contribution in [3.05, 3.63) is 47.6 Å². The first kappa shape index (κ1) is 42.8. The molecule has 0 bridgehead atoms. The summed E-state index contributed by atoms with van der Waals surface area (Å²) in [6.07, 6.45) is 7.12. The molecular weight excluding hydrogens is 810 g/mol. The van der Waals surface area contributed by atoms with Crippen LogP contribution in [-0.4, -0.2) is 91.9 Å². The number of amides is 4. The Labute approximate surface area is 336 Å². The molecule has 1 aromatic heterocycles. The van der Waals surface area contributed by atoms with Gasteiger partial charge in [-0.15, -0.1) is 6.58 Å². The Kier molecular flexibility index (Phi) is 13.9. The SMILES string of the molecule is C=CC(/C=C/NC(=O)[C@@H]1C[C@@H](Oc2cc(OCC)nc3c(Br)c(OC)ccc23)CN1C(=O)[C@@H](NC(=O)OC1CCCC1)C(C)(C)C)CC(=O)NS(=O)(=O)C1CC1. The number of alkyl carbamates (subject to hydrolysis) is 1. The van der Waals surface area contributed by atoms with E-state index in [0.29, 0.717) is 52.2 Å². The van der Waals surface area contributed by atoms with Gasteiger partial charge in [0.1, 0.15) is 35.8 Å². The van der Waals surface area contributed by atoms with E-state index in [1.54, 1.807) is 25.3 Å². The zero-order valence-corrected chi connectivity index (χ0v) is 34.9. The van der Waals surface area contributed by atoms with Gasteiger partial charge in [0.25, 0.3) is 0 Å². The van der Waals surface area contributed by atoms with Crippen LogP contribution in [0.1, 0.15) is 79.1 Å². The molecule has 0 radical (unpaired) electrons. The number of rotatable bonds is 16. The van der Waals surface area contributed by atoms with Crippen LogP contribution in [0.25, 0.3) is 10.9 Å². The molecule has 1 aliphatic heterocycles. The minimum atomic E-state index is -3.71. The maximum atomic E-state index is 14.5. The van der Waals surface area contributed by atoms with E-state index < -0.39 is 68.6 Å². The first-order valence-electron chi connectivity index (χ1n) is 18.9. The lowest BCUT2D eigenvalue weighted by Gasteiger charge is -2.35. The average Bonchev–Trinajstić information content (AvgIpc) is 3.74. The molecule has 4 amide bonds. The molecule has 2 aliphatic carbocycles. The number of carbonyl (C=O) groups is 4. The Hall–Kier alpha value is -4.38. The van der Waals surface area contributed by atoms with Crippen LogP contribution >= 0.6 is 15.9 Å². The molecule has 3 N–H and O–H groups in total. The lowest BCUT2D eigenvalue weighted by atomic mass is 9.85. The van der Waals surface area contributed by atoms with E-state index >= 15 is 0 Å². The van der Waals surface area contributed by atoms with Gasteiger partial charge in [0.15, 0.2) is 0 Å². The van der Waals surface area contributed by atoms with E-state index in [9.17, 15) is 27.6 Å². The number of pyridine rings is 1. The molecular formula is C39H52BrN5O10S. The lowest BCUT2D eigenvalue weighted by molar-refractivity contribution is -0.141. The fraction of sp³-hybridized carbons (Fsp3) is 0.564. The highest BCUT2D eigenvalue weighted by molar-refractivity contribution is 9.10. The number of halogens is 1. The van der Waals surface area contributed by atoms with E-state index in [1.807, 2.05) is 27.7 Å². The number of benzene rings is 1. The summed E-state index contributed by atoms with van der Waals surface area (Å²) in [6.45, 7) is 11.4. The summed E-state index contributed by atoms with van der Waals surface area (Å²) in [5, 5.41) is 5.60. The van der Waals surface area contributed by atoms with Crippen LogP contribution in [0.2, 0.25) is 0 Å². The van der Waals surface area contributed by atoms with E-state index in [1.165, 1.54) is 23.3 Å². The second-order valence-electron chi connectivity index (χ2n) is 15.3. The number of ether oxygens (including phenoxy) is 4. The monoisotopic (exact) mass is 861 g/mol. The summed E-state index contributed by atoms with van der Waals surface area (Å²) < 4.78 is 50.6. The summed E-state index contributed by atoms with van der Waals surface area (Å²) in [5.41, 5.74) is -0.237. The van der Waals surface area contributed by atoms with Gasteiger partial charge >= 0.3 is 6.09 Å². The fourth-order valence-corrected chi connectivity index (χ4v) is 8.72. The molecule has 5 rings (SSSR count). The molecule has 2 saturated carbocycles. The zero-order chi connectivity index (χ0) is 40.8. The Morgan fingerprint density at radius 2 is 1.80 bits per heavy atom. The maximum Gasteiger partial charge on any atom is 0.408 e. The number of nitrogens with zero attached hydrogens (tertiary/aromatic N) is 2. The van der Waals surface area contributed by atoms with Crippen molar-refractivity contribution in [3.63, 3.8) is 0 Å². The zero-order valence-electron chi connectivity index (χ0n) is 32.5. The summed E-state index contributed by atoms with van der Waals surface area (Å²) in [7, 11) is -2.16. The van der Waals surface area contributed by atoms with Crippen LogP contribution in [0.3, 0.4) is 0 Å². The summed E-state index contributed by atoms with van der Waals surface area (Å²) in [6, 6.07) is 3.15. The van der Waals surface area contributed by atoms with Crippen molar-refractivity contribution in [2.75, 3.05) is 20.3 Å². The van der Waals surface area contributed by atoms with Gasteiger partial charge < -0.3 is 34.5 Å². The highest BCUT2D eigenvalue weighted by atomic mass is 79.9. The van der Waals surface area contributed by atoms with Crippen molar-refractivity contribution >= 4 is 60.7 Å². The van der Waals surface area contributed by atoms with Crippen molar-refractivity contribution in [1.29, 1.82) is 0 Å². The van der Waals surface area contributed by atoms with Crippen LogP contribution in [0, 0.1) is 11.3 Å². The van der Waals surface area contributed by atoms with Gasteiger partial charge in [-0.2, -0.15) is 0 Å². The third-order valence-electron chi connectivity index (χ3n) is 9.94. The predicted molar refractivity (Wildman–Crippen MR) is 212 cm³/mol. The molecule has 2 aromatic rings. The number of methoxy groups -OCH3 is 1. The van der Waals surface area contributed by atoms with Crippen LogP contribution < -0.4 is 29.6 Å². The highest BCUT2D eigenvalue weighted by Gasteiger charge is 2.46. The third kappa shape index (κ3) is 10.7. The molecule has 3 fully saturated rings. The molecule has 1 saturated heterocycles. The highest BCUT2D eigenvalue weighted by Crippen LogP contribution is 2.39. The normalized spacial score (nSPS) is 20.0. The largest absolute Gasteiger partial charge is 0.495 e. The van der Waals surface area contributed by atoms with Gasteiger partial charge in [-0.3, -0.25) is 19.1 Å². The number of hydrogen-bond donors (Lipinski definition) is 3. The minimum Gasteiger partial charge on any atom is -0.495 e. The number of hydrogen-bond acceptors (Lipinski definition) is 11. The van der Waals surface area contributed by atoms with E-state index in [4.69, 9.17) is 18.9 Å². The van der Waals surface area contributed by atoms with Gasteiger partial charge in [0.2, 0.25) is 33.6 Å².